The predicted octanol–water partition coefficient (Wildman–Crippen LogP) is 3.43. The molecule has 0 spiro atoms. The molecular weight excluding hydrogens is 468 g/mol. The number of ether oxygens (including phenoxy) is 1. The van der Waals surface area contributed by atoms with Crippen molar-refractivity contribution < 1.29 is 9.53 Å². The average molecular weight is 499 g/mol. The molecular formula is C27H30N8O2. The fraction of sp³-hybridized carbons (Fsp3) is 0.259. The highest BCUT2D eigenvalue weighted by molar-refractivity contribution is 5.99. The number of anilines is 4. The van der Waals surface area contributed by atoms with E-state index in [0.717, 1.165) is 56.3 Å². The van der Waals surface area contributed by atoms with Crippen molar-refractivity contribution >= 4 is 34.6 Å². The number of rotatable bonds is 9. The predicted molar refractivity (Wildman–Crippen MR) is 145 cm³/mol. The van der Waals surface area contributed by atoms with Gasteiger partial charge in [0.05, 0.1) is 24.7 Å². The maximum Gasteiger partial charge on any atom is 0.247 e. The number of piperazine rings is 1. The van der Waals surface area contributed by atoms with Crippen LogP contribution in [-0.4, -0.2) is 76.8 Å². The number of aromatic nitrogens is 4. The van der Waals surface area contributed by atoms with Crippen LogP contribution in [0.4, 0.5) is 23.0 Å². The van der Waals surface area contributed by atoms with E-state index in [9.17, 15) is 4.79 Å². The number of benzene rings is 2. The van der Waals surface area contributed by atoms with Crippen LogP contribution in [0.25, 0.3) is 16.9 Å². The molecule has 0 atom stereocenters. The molecule has 0 saturated carbocycles. The van der Waals surface area contributed by atoms with Crippen molar-refractivity contribution in [3.63, 3.8) is 0 Å². The summed E-state index contributed by atoms with van der Waals surface area (Å²) < 4.78 is 6.93. The number of fused-ring (bicyclic) bond motifs is 1. The van der Waals surface area contributed by atoms with Crippen molar-refractivity contribution in [1.82, 2.24) is 24.5 Å². The van der Waals surface area contributed by atoms with E-state index in [1.54, 1.807) is 24.0 Å². The van der Waals surface area contributed by atoms with Gasteiger partial charge in [0.25, 0.3) is 0 Å². The third-order valence-electron chi connectivity index (χ3n) is 6.35. The maximum absolute atomic E-state index is 11.7. The molecule has 4 aromatic rings. The van der Waals surface area contributed by atoms with Gasteiger partial charge in [-0.25, -0.2) is 14.5 Å². The quantitative estimate of drug-likeness (QED) is 0.339. The standard InChI is InChI=1S/C27H30N8O2/c1-3-26(36)30-22-6-4-5-20(17-22)24-18-28-25-19-29-27(32-35(24)25)31-21-7-9-23(10-8-21)34-13-11-33(12-14-34)15-16-37-2/h3-10,17-19H,1,11-16H2,2H3,(H,30,36)(H,31,32). The Kier molecular flexibility index (Phi) is 7.38. The minimum Gasteiger partial charge on any atom is -0.383 e. The summed E-state index contributed by atoms with van der Waals surface area (Å²) in [5.41, 5.74) is 5.05. The van der Waals surface area contributed by atoms with Crippen molar-refractivity contribution in [3.05, 3.63) is 73.6 Å². The van der Waals surface area contributed by atoms with E-state index in [1.807, 2.05) is 36.4 Å². The number of amides is 1. The molecule has 190 valence electrons. The van der Waals surface area contributed by atoms with Gasteiger partial charge in [0, 0.05) is 62.5 Å². The van der Waals surface area contributed by atoms with Crippen molar-refractivity contribution in [1.29, 1.82) is 0 Å². The molecule has 0 unspecified atom stereocenters. The topological polar surface area (TPSA) is 99.9 Å². The molecule has 37 heavy (non-hydrogen) atoms. The molecule has 1 aliphatic heterocycles. The molecule has 2 aromatic heterocycles. The molecule has 10 heteroatoms. The van der Waals surface area contributed by atoms with Gasteiger partial charge in [-0.05, 0) is 42.5 Å². The van der Waals surface area contributed by atoms with Crippen molar-refractivity contribution in [2.75, 3.05) is 62.0 Å². The number of imidazole rings is 1. The fourth-order valence-corrected chi connectivity index (χ4v) is 4.33. The van der Waals surface area contributed by atoms with Crippen molar-refractivity contribution in [2.24, 2.45) is 0 Å². The molecule has 5 rings (SSSR count). The molecule has 3 heterocycles. The van der Waals surface area contributed by atoms with Gasteiger partial charge < -0.3 is 20.3 Å². The van der Waals surface area contributed by atoms with Crippen LogP contribution < -0.4 is 15.5 Å². The monoisotopic (exact) mass is 498 g/mol. The van der Waals surface area contributed by atoms with Crippen LogP contribution in [0.5, 0.6) is 0 Å². The summed E-state index contributed by atoms with van der Waals surface area (Å²) in [6, 6.07) is 15.8. The zero-order chi connectivity index (χ0) is 25.6. The van der Waals surface area contributed by atoms with E-state index >= 15 is 0 Å². The first-order chi connectivity index (χ1) is 18.1. The lowest BCUT2D eigenvalue weighted by Gasteiger charge is -2.36. The Morgan fingerprint density at radius 3 is 2.62 bits per heavy atom. The van der Waals surface area contributed by atoms with Gasteiger partial charge in [-0.15, -0.1) is 5.10 Å². The van der Waals surface area contributed by atoms with Crippen LogP contribution in [0.2, 0.25) is 0 Å². The third kappa shape index (κ3) is 5.76. The fourth-order valence-electron chi connectivity index (χ4n) is 4.33. The highest BCUT2D eigenvalue weighted by Crippen LogP contribution is 2.25. The van der Waals surface area contributed by atoms with Crippen LogP contribution in [0, 0.1) is 0 Å². The molecule has 0 bridgehead atoms. The number of carbonyl (C=O) groups excluding carboxylic acids is 1. The van der Waals surface area contributed by atoms with E-state index in [2.05, 4.69) is 54.2 Å². The van der Waals surface area contributed by atoms with Gasteiger partial charge in [0.15, 0.2) is 5.65 Å². The molecule has 0 aliphatic carbocycles. The van der Waals surface area contributed by atoms with E-state index in [1.165, 1.54) is 11.8 Å². The number of hydrogen-bond acceptors (Lipinski definition) is 8. The molecule has 1 aliphatic rings. The van der Waals surface area contributed by atoms with Crippen LogP contribution in [0.15, 0.2) is 73.6 Å². The Balaban J connectivity index is 1.28. The van der Waals surface area contributed by atoms with E-state index < -0.39 is 0 Å². The first-order valence-corrected chi connectivity index (χ1v) is 12.2. The second-order valence-corrected chi connectivity index (χ2v) is 8.76. The highest BCUT2D eigenvalue weighted by atomic mass is 16.5. The number of nitrogens with one attached hydrogen (secondary N) is 2. The maximum atomic E-state index is 11.7. The smallest absolute Gasteiger partial charge is 0.247 e. The van der Waals surface area contributed by atoms with Gasteiger partial charge >= 0.3 is 0 Å². The van der Waals surface area contributed by atoms with Gasteiger partial charge in [-0.1, -0.05) is 18.7 Å². The van der Waals surface area contributed by atoms with Gasteiger partial charge in [-0.3, -0.25) is 9.69 Å². The Labute approximate surface area is 215 Å². The summed E-state index contributed by atoms with van der Waals surface area (Å²) >= 11 is 0. The van der Waals surface area contributed by atoms with Crippen molar-refractivity contribution in [2.45, 2.75) is 0 Å². The Bertz CT molecular complexity index is 1380. The number of nitrogens with zero attached hydrogens (tertiary/aromatic N) is 6. The summed E-state index contributed by atoms with van der Waals surface area (Å²) in [6.07, 6.45) is 4.66. The molecule has 1 fully saturated rings. The summed E-state index contributed by atoms with van der Waals surface area (Å²) in [7, 11) is 1.75. The zero-order valence-electron chi connectivity index (χ0n) is 20.8. The first-order valence-electron chi connectivity index (χ1n) is 12.2. The summed E-state index contributed by atoms with van der Waals surface area (Å²) in [4.78, 5) is 25.4. The lowest BCUT2D eigenvalue weighted by molar-refractivity contribution is -0.111. The molecule has 1 amide bonds. The van der Waals surface area contributed by atoms with Crippen LogP contribution in [-0.2, 0) is 9.53 Å². The lowest BCUT2D eigenvalue weighted by atomic mass is 10.1. The van der Waals surface area contributed by atoms with E-state index in [-0.39, 0.29) is 5.91 Å². The second-order valence-electron chi connectivity index (χ2n) is 8.76. The molecule has 2 aromatic carbocycles. The average Bonchev–Trinajstić information content (AvgIpc) is 3.36. The first kappa shape index (κ1) is 24.4. The molecule has 2 N–H and O–H groups in total. The minimum atomic E-state index is -0.264. The Morgan fingerprint density at radius 2 is 1.86 bits per heavy atom. The van der Waals surface area contributed by atoms with Crippen molar-refractivity contribution in [3.8, 4) is 11.3 Å². The molecule has 1 saturated heterocycles. The zero-order valence-corrected chi connectivity index (χ0v) is 20.8. The number of hydrogen-bond donors (Lipinski definition) is 2. The van der Waals surface area contributed by atoms with Crippen LogP contribution >= 0.6 is 0 Å². The lowest BCUT2D eigenvalue weighted by Crippen LogP contribution is -2.47. The molecule has 10 nitrogen and oxygen atoms in total. The van der Waals surface area contributed by atoms with E-state index in [0.29, 0.717) is 17.3 Å². The van der Waals surface area contributed by atoms with Gasteiger partial charge in [0.1, 0.15) is 0 Å². The van der Waals surface area contributed by atoms with Crippen LogP contribution in [0.3, 0.4) is 0 Å². The van der Waals surface area contributed by atoms with Gasteiger partial charge in [-0.2, -0.15) is 0 Å². The third-order valence-corrected chi connectivity index (χ3v) is 6.35. The normalized spacial score (nSPS) is 14.0. The van der Waals surface area contributed by atoms with Gasteiger partial charge in [0.2, 0.25) is 11.9 Å². The SMILES string of the molecule is C=CC(=O)Nc1cccc(-c2cnc3cnc(Nc4ccc(N5CCN(CCOC)CC5)cc4)nn23)c1. The van der Waals surface area contributed by atoms with E-state index in [4.69, 9.17) is 4.74 Å². The minimum absolute atomic E-state index is 0.264. The largest absolute Gasteiger partial charge is 0.383 e. The highest BCUT2D eigenvalue weighted by Gasteiger charge is 2.17. The second kappa shape index (κ2) is 11.2. The number of carbonyl (C=O) groups is 1. The summed E-state index contributed by atoms with van der Waals surface area (Å²) in [5.74, 6) is 0.196. The molecule has 0 radical (unpaired) electrons. The Morgan fingerprint density at radius 1 is 1.05 bits per heavy atom. The summed E-state index contributed by atoms with van der Waals surface area (Å²) in [6.45, 7) is 9.32. The van der Waals surface area contributed by atoms with Crippen LogP contribution in [0.1, 0.15) is 0 Å². The summed E-state index contributed by atoms with van der Waals surface area (Å²) in [5, 5.41) is 10.7. The number of methoxy groups -OCH3 is 1. The Hall–Kier alpha value is -4.28.